The molecule has 0 bridgehead atoms. The van der Waals surface area contributed by atoms with Crippen molar-refractivity contribution >= 4 is 22.0 Å². The monoisotopic (exact) mass is 299 g/mol. The van der Waals surface area contributed by atoms with E-state index in [0.717, 1.165) is 27.0 Å². The summed E-state index contributed by atoms with van der Waals surface area (Å²) in [4.78, 5) is 0.869. The second-order valence-corrected chi connectivity index (χ2v) is 6.67. The van der Waals surface area contributed by atoms with Gasteiger partial charge in [-0.25, -0.2) is 0 Å². The second kappa shape index (κ2) is 4.80. The zero-order valence-electron chi connectivity index (χ0n) is 11.9. The van der Waals surface area contributed by atoms with Gasteiger partial charge in [0.25, 0.3) is 0 Å². The van der Waals surface area contributed by atoms with Crippen LogP contribution in [0.15, 0.2) is 18.2 Å². The molecule has 0 unspecified atom stereocenters. The van der Waals surface area contributed by atoms with Gasteiger partial charge in [-0.15, -0.1) is 10.2 Å². The molecule has 0 amide bonds. The quantitative estimate of drug-likeness (QED) is 0.736. The Hall–Kier alpha value is -1.95. The van der Waals surface area contributed by atoms with Crippen LogP contribution in [0, 0.1) is 6.92 Å². The van der Waals surface area contributed by atoms with Gasteiger partial charge < -0.3 is 5.73 Å². The average molecular weight is 299 g/mol. The van der Waals surface area contributed by atoms with Gasteiger partial charge in [0, 0.05) is 17.2 Å². The summed E-state index contributed by atoms with van der Waals surface area (Å²) in [7, 11) is 0. The van der Waals surface area contributed by atoms with Crippen LogP contribution in [0.2, 0.25) is 0 Å². The molecule has 6 heteroatoms. The number of fused-ring (bicyclic) bond motifs is 1. The molecule has 0 aliphatic heterocycles. The molecule has 0 spiro atoms. The van der Waals surface area contributed by atoms with Gasteiger partial charge in [-0.2, -0.15) is 9.61 Å². The summed E-state index contributed by atoms with van der Waals surface area (Å²) in [5.74, 6) is 1.53. The Bertz CT molecular complexity index is 798. The van der Waals surface area contributed by atoms with Crippen molar-refractivity contribution in [3.63, 3.8) is 0 Å². The number of benzene rings is 1. The zero-order chi connectivity index (χ0) is 14.4. The van der Waals surface area contributed by atoms with E-state index in [-0.39, 0.29) is 0 Å². The highest BCUT2D eigenvalue weighted by atomic mass is 32.1. The van der Waals surface area contributed by atoms with Crippen molar-refractivity contribution < 1.29 is 0 Å². The minimum absolute atomic E-state index is 0.511. The van der Waals surface area contributed by atoms with E-state index >= 15 is 0 Å². The minimum Gasteiger partial charge on any atom is -0.399 e. The van der Waals surface area contributed by atoms with Crippen molar-refractivity contribution in [1.29, 1.82) is 0 Å². The van der Waals surface area contributed by atoms with E-state index in [2.05, 4.69) is 17.1 Å². The highest BCUT2D eigenvalue weighted by Gasteiger charge is 2.24. The van der Waals surface area contributed by atoms with E-state index in [1.807, 2.05) is 22.7 Å². The van der Waals surface area contributed by atoms with E-state index in [4.69, 9.17) is 10.8 Å². The number of anilines is 1. The highest BCUT2D eigenvalue weighted by Crippen LogP contribution is 2.35. The third-order valence-corrected chi connectivity index (χ3v) is 5.16. The average Bonchev–Trinajstić information content (AvgIpc) is 3.15. The lowest BCUT2D eigenvalue weighted by Crippen LogP contribution is -2.01. The Morgan fingerprint density at radius 2 is 2.05 bits per heavy atom. The molecule has 0 atom stereocenters. The number of nitrogen functional groups attached to an aromatic ring is 1. The summed E-state index contributed by atoms with van der Waals surface area (Å²) < 4.78 is 1.93. The summed E-state index contributed by atoms with van der Waals surface area (Å²) in [6.45, 7) is 2.08. The van der Waals surface area contributed by atoms with E-state index in [1.54, 1.807) is 11.3 Å². The fourth-order valence-corrected chi connectivity index (χ4v) is 3.98. The van der Waals surface area contributed by atoms with Gasteiger partial charge in [0.05, 0.1) is 0 Å². The van der Waals surface area contributed by atoms with Crippen molar-refractivity contribution in [2.24, 2.45) is 0 Å². The Morgan fingerprint density at radius 3 is 2.86 bits per heavy atom. The summed E-state index contributed by atoms with van der Waals surface area (Å²) in [5.41, 5.74) is 8.93. The van der Waals surface area contributed by atoms with Crippen LogP contribution >= 0.6 is 11.3 Å². The fraction of sp³-hybridized carbons (Fsp3) is 0.400. The van der Waals surface area contributed by atoms with Gasteiger partial charge in [0.1, 0.15) is 5.01 Å². The van der Waals surface area contributed by atoms with Gasteiger partial charge in [0.15, 0.2) is 5.82 Å². The van der Waals surface area contributed by atoms with Gasteiger partial charge in [-0.1, -0.05) is 30.2 Å². The Balaban J connectivity index is 1.82. The molecular weight excluding hydrogens is 282 g/mol. The van der Waals surface area contributed by atoms with Crippen LogP contribution in [0.4, 0.5) is 5.69 Å². The second-order valence-electron chi connectivity index (χ2n) is 5.72. The maximum atomic E-state index is 5.91. The van der Waals surface area contributed by atoms with Crippen molar-refractivity contribution in [3.05, 3.63) is 29.6 Å². The Morgan fingerprint density at radius 1 is 1.24 bits per heavy atom. The first-order chi connectivity index (χ1) is 10.2. The molecule has 3 aromatic rings. The first-order valence-corrected chi connectivity index (χ1v) is 8.12. The predicted molar refractivity (Wildman–Crippen MR) is 84.5 cm³/mol. The summed E-state index contributed by atoms with van der Waals surface area (Å²) in [6.07, 6.45) is 4.96. The molecule has 21 heavy (non-hydrogen) atoms. The third kappa shape index (κ3) is 2.10. The summed E-state index contributed by atoms with van der Waals surface area (Å²) in [5, 5.41) is 14.4. The number of hydrogen-bond acceptors (Lipinski definition) is 5. The molecule has 5 nitrogen and oxygen atoms in total. The minimum atomic E-state index is 0.511. The molecule has 108 valence electrons. The first-order valence-electron chi connectivity index (χ1n) is 7.31. The van der Waals surface area contributed by atoms with Gasteiger partial charge in [-0.3, -0.25) is 0 Å². The largest absolute Gasteiger partial charge is 0.399 e. The number of nitrogens with two attached hydrogens (primary N) is 1. The van der Waals surface area contributed by atoms with Crippen LogP contribution in [0.1, 0.15) is 43.0 Å². The first kappa shape index (κ1) is 12.8. The zero-order valence-corrected chi connectivity index (χ0v) is 12.7. The Labute approximate surface area is 126 Å². The number of rotatable bonds is 2. The highest BCUT2D eigenvalue weighted by molar-refractivity contribution is 7.19. The predicted octanol–water partition coefficient (Wildman–Crippen LogP) is 3.40. The smallest absolute Gasteiger partial charge is 0.234 e. The standard InChI is InChI=1S/C15H17N5S/c1-9-6-7-11(16)8-12(9)14-19-20-13(10-4-2-3-5-10)17-18-15(20)21-14/h6-8,10H,2-5,16H2,1H3. The van der Waals surface area contributed by atoms with Crippen molar-refractivity contribution in [3.8, 4) is 10.6 Å². The Kier molecular flexibility index (Phi) is 2.92. The third-order valence-electron chi connectivity index (χ3n) is 4.23. The topological polar surface area (TPSA) is 69.1 Å². The van der Waals surface area contributed by atoms with Gasteiger partial charge in [0.2, 0.25) is 4.96 Å². The van der Waals surface area contributed by atoms with Gasteiger partial charge >= 0.3 is 0 Å². The molecule has 1 aliphatic carbocycles. The van der Waals surface area contributed by atoms with E-state index < -0.39 is 0 Å². The lowest BCUT2D eigenvalue weighted by molar-refractivity contribution is 0.641. The summed E-state index contributed by atoms with van der Waals surface area (Å²) in [6, 6.07) is 5.93. The van der Waals surface area contributed by atoms with Crippen molar-refractivity contribution in [2.45, 2.75) is 38.5 Å². The van der Waals surface area contributed by atoms with Crippen LogP contribution in [0.5, 0.6) is 0 Å². The normalized spacial score (nSPS) is 16.0. The molecular formula is C15H17N5S. The van der Waals surface area contributed by atoms with Crippen molar-refractivity contribution in [1.82, 2.24) is 19.8 Å². The molecule has 1 fully saturated rings. The molecule has 2 heterocycles. The SMILES string of the molecule is Cc1ccc(N)cc1-c1nn2c(C3CCCC3)nnc2s1. The maximum Gasteiger partial charge on any atom is 0.234 e. The summed E-state index contributed by atoms with van der Waals surface area (Å²) >= 11 is 1.58. The lowest BCUT2D eigenvalue weighted by atomic mass is 10.1. The molecule has 2 aromatic heterocycles. The number of aromatic nitrogens is 4. The van der Waals surface area contributed by atoms with E-state index in [9.17, 15) is 0 Å². The maximum absolute atomic E-state index is 5.91. The van der Waals surface area contributed by atoms with Crippen LogP contribution in [-0.4, -0.2) is 19.8 Å². The fourth-order valence-electron chi connectivity index (χ4n) is 3.05. The molecule has 1 aromatic carbocycles. The van der Waals surface area contributed by atoms with Gasteiger partial charge in [-0.05, 0) is 37.5 Å². The van der Waals surface area contributed by atoms with Crippen LogP contribution < -0.4 is 5.73 Å². The number of aryl methyl sites for hydroxylation is 1. The molecule has 0 radical (unpaired) electrons. The molecule has 2 N–H and O–H groups in total. The lowest BCUT2D eigenvalue weighted by Gasteiger charge is -2.04. The number of nitrogens with zero attached hydrogens (tertiary/aromatic N) is 4. The van der Waals surface area contributed by atoms with Crippen LogP contribution in [0.3, 0.4) is 0 Å². The molecule has 1 saturated carbocycles. The number of hydrogen-bond donors (Lipinski definition) is 1. The van der Waals surface area contributed by atoms with E-state index in [1.165, 1.54) is 31.2 Å². The van der Waals surface area contributed by atoms with E-state index in [0.29, 0.717) is 5.92 Å². The molecule has 4 rings (SSSR count). The van der Waals surface area contributed by atoms with Crippen molar-refractivity contribution in [2.75, 3.05) is 5.73 Å². The molecule has 1 aliphatic rings. The molecule has 0 saturated heterocycles. The van der Waals surface area contributed by atoms with Crippen LogP contribution in [-0.2, 0) is 0 Å². The van der Waals surface area contributed by atoms with Crippen LogP contribution in [0.25, 0.3) is 15.5 Å².